The van der Waals surface area contributed by atoms with Gasteiger partial charge in [-0.25, -0.2) is 0 Å². The van der Waals surface area contributed by atoms with Gasteiger partial charge in [0.05, 0.1) is 13.2 Å². The summed E-state index contributed by atoms with van der Waals surface area (Å²) in [5, 5.41) is 0. The maximum absolute atomic E-state index is 12.3. The number of rotatable bonds is 6. The fraction of sp³-hybridized carbons (Fsp3) is 0.562. The van der Waals surface area contributed by atoms with Gasteiger partial charge in [-0.3, -0.25) is 4.79 Å². The van der Waals surface area contributed by atoms with Crippen molar-refractivity contribution in [2.45, 2.75) is 12.8 Å². The third-order valence-electron chi connectivity index (χ3n) is 3.71. The second-order valence-corrected chi connectivity index (χ2v) is 5.17. The van der Waals surface area contributed by atoms with Gasteiger partial charge in [0.1, 0.15) is 0 Å². The van der Waals surface area contributed by atoms with Crippen LogP contribution in [0.2, 0.25) is 0 Å². The second-order valence-electron chi connectivity index (χ2n) is 5.17. The molecule has 0 unspecified atom stereocenters. The quantitative estimate of drug-likeness (QED) is 0.748. The molecule has 1 aliphatic heterocycles. The molecule has 0 saturated carbocycles. The van der Waals surface area contributed by atoms with E-state index >= 15 is 0 Å². The lowest BCUT2D eigenvalue weighted by Crippen LogP contribution is -2.39. The average molecular weight is 277 g/mol. The Hall–Kier alpha value is -1.39. The molecule has 1 heterocycles. The van der Waals surface area contributed by atoms with Gasteiger partial charge in [0.25, 0.3) is 5.91 Å². The molecule has 0 spiro atoms. The van der Waals surface area contributed by atoms with Crippen molar-refractivity contribution in [3.63, 3.8) is 0 Å². The molecule has 0 atom stereocenters. The third kappa shape index (κ3) is 4.32. The van der Waals surface area contributed by atoms with Gasteiger partial charge < -0.3 is 14.4 Å². The van der Waals surface area contributed by atoms with E-state index in [1.807, 2.05) is 35.2 Å². The zero-order chi connectivity index (χ0) is 14.2. The molecule has 1 fully saturated rings. The van der Waals surface area contributed by atoms with Crippen LogP contribution in [0.4, 0.5) is 0 Å². The van der Waals surface area contributed by atoms with Crippen molar-refractivity contribution in [2.24, 2.45) is 5.92 Å². The van der Waals surface area contributed by atoms with E-state index in [1.54, 1.807) is 7.11 Å². The molecule has 0 aliphatic carbocycles. The molecule has 4 nitrogen and oxygen atoms in total. The SMILES string of the molecule is COCCOCC1CCN(C(=O)c2ccccc2)CC1. The monoisotopic (exact) mass is 277 g/mol. The van der Waals surface area contributed by atoms with Crippen molar-refractivity contribution in [3.05, 3.63) is 35.9 Å². The number of likely N-dealkylation sites (tertiary alicyclic amines) is 1. The lowest BCUT2D eigenvalue weighted by molar-refractivity contribution is 0.0327. The Morgan fingerprint density at radius 1 is 1.20 bits per heavy atom. The van der Waals surface area contributed by atoms with Crippen LogP contribution in [0.5, 0.6) is 0 Å². The van der Waals surface area contributed by atoms with Crippen LogP contribution >= 0.6 is 0 Å². The summed E-state index contributed by atoms with van der Waals surface area (Å²) in [7, 11) is 1.68. The van der Waals surface area contributed by atoms with Crippen molar-refractivity contribution in [1.29, 1.82) is 0 Å². The van der Waals surface area contributed by atoms with E-state index in [0.29, 0.717) is 19.1 Å². The fourth-order valence-electron chi connectivity index (χ4n) is 2.46. The highest BCUT2D eigenvalue weighted by atomic mass is 16.5. The summed E-state index contributed by atoms with van der Waals surface area (Å²) in [6, 6.07) is 9.50. The third-order valence-corrected chi connectivity index (χ3v) is 3.71. The lowest BCUT2D eigenvalue weighted by atomic mass is 9.97. The number of hydrogen-bond acceptors (Lipinski definition) is 3. The van der Waals surface area contributed by atoms with Gasteiger partial charge in [-0.05, 0) is 30.9 Å². The van der Waals surface area contributed by atoms with E-state index in [2.05, 4.69) is 0 Å². The first-order chi connectivity index (χ1) is 9.81. The minimum Gasteiger partial charge on any atom is -0.382 e. The Labute approximate surface area is 120 Å². The van der Waals surface area contributed by atoms with Crippen LogP contribution in [-0.2, 0) is 9.47 Å². The van der Waals surface area contributed by atoms with Crippen molar-refractivity contribution >= 4 is 5.91 Å². The summed E-state index contributed by atoms with van der Waals surface area (Å²) in [6.07, 6.45) is 2.04. The Balaban J connectivity index is 1.73. The van der Waals surface area contributed by atoms with Crippen LogP contribution in [0.15, 0.2) is 30.3 Å². The number of ether oxygens (including phenoxy) is 2. The molecule has 0 N–H and O–H groups in total. The van der Waals surface area contributed by atoms with E-state index in [4.69, 9.17) is 9.47 Å². The molecule has 0 radical (unpaired) electrons. The number of carbonyl (C=O) groups is 1. The van der Waals surface area contributed by atoms with Crippen molar-refractivity contribution in [1.82, 2.24) is 4.90 Å². The summed E-state index contributed by atoms with van der Waals surface area (Å²) in [5.41, 5.74) is 0.780. The zero-order valence-electron chi connectivity index (χ0n) is 12.1. The molecule has 1 amide bonds. The minimum atomic E-state index is 0.143. The molecule has 1 aromatic rings. The first-order valence-electron chi connectivity index (χ1n) is 7.22. The molecule has 20 heavy (non-hydrogen) atoms. The van der Waals surface area contributed by atoms with Crippen LogP contribution in [0.1, 0.15) is 23.2 Å². The number of methoxy groups -OCH3 is 1. The highest BCUT2D eigenvalue weighted by molar-refractivity contribution is 5.94. The summed E-state index contributed by atoms with van der Waals surface area (Å²) in [4.78, 5) is 14.2. The number of piperidine rings is 1. The van der Waals surface area contributed by atoms with Crippen LogP contribution in [-0.4, -0.2) is 50.8 Å². The highest BCUT2D eigenvalue weighted by Gasteiger charge is 2.23. The van der Waals surface area contributed by atoms with Crippen molar-refractivity contribution in [3.8, 4) is 0 Å². The molecule has 110 valence electrons. The Morgan fingerprint density at radius 3 is 2.55 bits per heavy atom. The molecule has 4 heteroatoms. The summed E-state index contributed by atoms with van der Waals surface area (Å²) in [5.74, 6) is 0.705. The predicted molar refractivity (Wildman–Crippen MR) is 77.8 cm³/mol. The molecule has 1 saturated heterocycles. The predicted octanol–water partition coefficient (Wildman–Crippen LogP) is 2.20. The number of amides is 1. The van der Waals surface area contributed by atoms with Crippen molar-refractivity contribution < 1.29 is 14.3 Å². The van der Waals surface area contributed by atoms with Crippen molar-refractivity contribution in [2.75, 3.05) is 40.0 Å². The molecule has 2 rings (SSSR count). The highest BCUT2D eigenvalue weighted by Crippen LogP contribution is 2.19. The summed E-state index contributed by atoms with van der Waals surface area (Å²) in [6.45, 7) is 3.72. The smallest absolute Gasteiger partial charge is 0.253 e. The number of benzene rings is 1. The van der Waals surface area contributed by atoms with E-state index in [1.165, 1.54) is 0 Å². The van der Waals surface area contributed by atoms with Gasteiger partial charge in [-0.15, -0.1) is 0 Å². The fourth-order valence-corrected chi connectivity index (χ4v) is 2.46. The van der Waals surface area contributed by atoms with Crippen LogP contribution in [0, 0.1) is 5.92 Å². The first kappa shape index (κ1) is 15.0. The number of carbonyl (C=O) groups excluding carboxylic acids is 1. The molecular formula is C16H23NO3. The normalized spacial score (nSPS) is 16.4. The maximum Gasteiger partial charge on any atom is 0.253 e. The minimum absolute atomic E-state index is 0.143. The van der Waals surface area contributed by atoms with Gasteiger partial charge in [0.2, 0.25) is 0 Å². The Morgan fingerprint density at radius 2 is 1.90 bits per heavy atom. The Kier molecular flexibility index (Phi) is 6.02. The molecule has 1 aromatic carbocycles. The van der Waals surface area contributed by atoms with Crippen LogP contribution in [0.3, 0.4) is 0 Å². The first-order valence-corrected chi connectivity index (χ1v) is 7.22. The Bertz CT molecular complexity index is 399. The number of nitrogens with zero attached hydrogens (tertiary/aromatic N) is 1. The van der Waals surface area contributed by atoms with Crippen LogP contribution in [0.25, 0.3) is 0 Å². The van der Waals surface area contributed by atoms with E-state index in [0.717, 1.165) is 38.1 Å². The molecule has 1 aliphatic rings. The van der Waals surface area contributed by atoms with Gasteiger partial charge >= 0.3 is 0 Å². The standard InChI is InChI=1S/C16H23NO3/c1-19-11-12-20-13-14-7-9-17(10-8-14)16(18)15-5-3-2-4-6-15/h2-6,14H,7-13H2,1H3. The van der Waals surface area contributed by atoms with Crippen LogP contribution < -0.4 is 0 Å². The van der Waals surface area contributed by atoms with E-state index < -0.39 is 0 Å². The van der Waals surface area contributed by atoms with E-state index in [9.17, 15) is 4.79 Å². The van der Waals surface area contributed by atoms with Gasteiger partial charge in [-0.1, -0.05) is 18.2 Å². The molecule has 0 bridgehead atoms. The zero-order valence-corrected chi connectivity index (χ0v) is 12.1. The second kappa shape index (κ2) is 8.02. The average Bonchev–Trinajstić information content (AvgIpc) is 2.52. The lowest BCUT2D eigenvalue weighted by Gasteiger charge is -2.32. The van der Waals surface area contributed by atoms with Gasteiger partial charge in [0.15, 0.2) is 0 Å². The number of hydrogen-bond donors (Lipinski definition) is 0. The van der Waals surface area contributed by atoms with E-state index in [-0.39, 0.29) is 5.91 Å². The molecular weight excluding hydrogens is 254 g/mol. The van der Waals surface area contributed by atoms with Gasteiger partial charge in [-0.2, -0.15) is 0 Å². The summed E-state index contributed by atoms with van der Waals surface area (Å²) < 4.78 is 10.5. The summed E-state index contributed by atoms with van der Waals surface area (Å²) >= 11 is 0. The van der Waals surface area contributed by atoms with Gasteiger partial charge in [0, 0.05) is 32.4 Å². The largest absolute Gasteiger partial charge is 0.382 e. The molecule has 0 aromatic heterocycles. The topological polar surface area (TPSA) is 38.8 Å². The maximum atomic E-state index is 12.3.